The fourth-order valence-electron chi connectivity index (χ4n) is 3.82. The van der Waals surface area contributed by atoms with Crippen molar-refractivity contribution in [2.75, 3.05) is 24.6 Å². The van der Waals surface area contributed by atoms with Gasteiger partial charge in [0.1, 0.15) is 17.4 Å². The lowest BCUT2D eigenvalue weighted by atomic mass is 10.0. The maximum Gasteiger partial charge on any atom is 0.207 e. The van der Waals surface area contributed by atoms with Crippen LogP contribution in [0, 0.1) is 12.7 Å². The minimum absolute atomic E-state index is 0.00743. The molecule has 29 heavy (non-hydrogen) atoms. The Morgan fingerprint density at radius 1 is 1.38 bits per heavy atom. The van der Waals surface area contributed by atoms with Gasteiger partial charge in [-0.05, 0) is 50.5 Å². The lowest BCUT2D eigenvalue weighted by molar-refractivity contribution is -0.109. The van der Waals surface area contributed by atoms with Crippen LogP contribution in [0.2, 0.25) is 0 Å². The molecular weight excluding hydrogens is 373 g/mol. The van der Waals surface area contributed by atoms with Crippen LogP contribution in [0.4, 0.5) is 10.2 Å². The number of halogens is 1. The van der Waals surface area contributed by atoms with Crippen molar-refractivity contribution in [3.05, 3.63) is 53.6 Å². The fraction of sp³-hybridized carbons (Fsp3) is 0.381. The van der Waals surface area contributed by atoms with Gasteiger partial charge in [-0.3, -0.25) is 4.79 Å². The van der Waals surface area contributed by atoms with Crippen molar-refractivity contribution in [3.63, 3.8) is 0 Å². The van der Waals surface area contributed by atoms with E-state index in [0.29, 0.717) is 31.7 Å². The van der Waals surface area contributed by atoms with Crippen LogP contribution in [-0.4, -0.2) is 40.7 Å². The summed E-state index contributed by atoms with van der Waals surface area (Å²) in [5, 5.41) is 6.90. The number of ether oxygens (including phenoxy) is 1. The molecule has 1 aromatic carbocycles. The SMILES string of the molecule is Cc1cnn2ccc(N3CCCC3c3cc(F)ccc3OCCCNC=O)nc12. The third-order valence-electron chi connectivity index (χ3n) is 5.22. The summed E-state index contributed by atoms with van der Waals surface area (Å²) in [7, 11) is 0. The van der Waals surface area contributed by atoms with Crippen molar-refractivity contribution in [1.82, 2.24) is 19.9 Å². The molecule has 0 spiro atoms. The molecule has 1 amide bonds. The molecule has 4 rings (SSSR count). The molecule has 1 N–H and O–H groups in total. The first kappa shape index (κ1) is 19.2. The number of fused-ring (bicyclic) bond motifs is 1. The van der Waals surface area contributed by atoms with E-state index in [1.54, 1.807) is 22.8 Å². The summed E-state index contributed by atoms with van der Waals surface area (Å²) in [4.78, 5) is 17.4. The van der Waals surface area contributed by atoms with Crippen LogP contribution < -0.4 is 15.0 Å². The Bertz CT molecular complexity index is 1010. The number of rotatable bonds is 8. The predicted molar refractivity (Wildman–Crippen MR) is 108 cm³/mol. The highest BCUT2D eigenvalue weighted by molar-refractivity contribution is 5.54. The number of hydrogen-bond acceptors (Lipinski definition) is 5. The Balaban J connectivity index is 1.59. The van der Waals surface area contributed by atoms with Gasteiger partial charge in [-0.2, -0.15) is 5.10 Å². The van der Waals surface area contributed by atoms with Gasteiger partial charge in [-0.25, -0.2) is 13.9 Å². The van der Waals surface area contributed by atoms with Gasteiger partial charge in [0, 0.05) is 30.4 Å². The number of aromatic nitrogens is 3. The Hall–Kier alpha value is -3.16. The molecule has 1 fully saturated rings. The maximum absolute atomic E-state index is 14.1. The van der Waals surface area contributed by atoms with Crippen LogP contribution in [0.3, 0.4) is 0 Å². The molecule has 0 saturated carbocycles. The highest BCUT2D eigenvalue weighted by Gasteiger charge is 2.30. The second-order valence-corrected chi connectivity index (χ2v) is 7.19. The Morgan fingerprint density at radius 3 is 3.14 bits per heavy atom. The highest BCUT2D eigenvalue weighted by atomic mass is 19.1. The first-order chi connectivity index (χ1) is 14.2. The van der Waals surface area contributed by atoms with E-state index in [-0.39, 0.29) is 11.9 Å². The van der Waals surface area contributed by atoms with E-state index < -0.39 is 0 Å². The lowest BCUT2D eigenvalue weighted by Gasteiger charge is -2.27. The number of benzene rings is 1. The number of carbonyl (C=O) groups excluding carboxylic acids is 1. The molecular formula is C21H24FN5O2. The average molecular weight is 397 g/mol. The zero-order chi connectivity index (χ0) is 20.2. The van der Waals surface area contributed by atoms with E-state index in [1.807, 2.05) is 19.2 Å². The molecule has 1 unspecified atom stereocenters. The molecule has 0 aliphatic carbocycles. The zero-order valence-corrected chi connectivity index (χ0v) is 16.3. The number of nitrogens with one attached hydrogen (secondary N) is 1. The van der Waals surface area contributed by atoms with Gasteiger partial charge in [0.15, 0.2) is 5.65 Å². The number of anilines is 1. The van der Waals surface area contributed by atoms with E-state index in [0.717, 1.165) is 42.0 Å². The number of hydrogen-bond donors (Lipinski definition) is 1. The molecule has 1 saturated heterocycles. The Labute approximate surface area is 168 Å². The van der Waals surface area contributed by atoms with Crippen LogP contribution in [0.15, 0.2) is 36.7 Å². The summed E-state index contributed by atoms with van der Waals surface area (Å²) in [5.74, 6) is 1.25. The van der Waals surface area contributed by atoms with Gasteiger partial charge in [0.05, 0.1) is 18.8 Å². The molecule has 1 aliphatic heterocycles. The molecule has 3 heterocycles. The number of nitrogens with zero attached hydrogens (tertiary/aromatic N) is 4. The second kappa shape index (κ2) is 8.46. The Morgan fingerprint density at radius 2 is 2.28 bits per heavy atom. The van der Waals surface area contributed by atoms with Crippen LogP contribution in [0.1, 0.15) is 36.4 Å². The van der Waals surface area contributed by atoms with E-state index in [1.165, 1.54) is 6.07 Å². The second-order valence-electron chi connectivity index (χ2n) is 7.19. The molecule has 8 heteroatoms. The zero-order valence-electron chi connectivity index (χ0n) is 16.3. The van der Waals surface area contributed by atoms with Crippen molar-refractivity contribution in [1.29, 1.82) is 0 Å². The fourth-order valence-corrected chi connectivity index (χ4v) is 3.82. The van der Waals surface area contributed by atoms with Crippen molar-refractivity contribution in [2.24, 2.45) is 0 Å². The van der Waals surface area contributed by atoms with Crippen molar-refractivity contribution >= 4 is 17.9 Å². The van der Waals surface area contributed by atoms with E-state index >= 15 is 0 Å². The number of carbonyl (C=O) groups is 1. The molecule has 3 aromatic rings. The highest BCUT2D eigenvalue weighted by Crippen LogP contribution is 2.39. The number of amides is 1. The average Bonchev–Trinajstić information content (AvgIpc) is 3.36. The lowest BCUT2D eigenvalue weighted by Crippen LogP contribution is -2.24. The van der Waals surface area contributed by atoms with Crippen LogP contribution in [-0.2, 0) is 4.79 Å². The maximum atomic E-state index is 14.1. The van der Waals surface area contributed by atoms with E-state index in [4.69, 9.17) is 9.72 Å². The summed E-state index contributed by atoms with van der Waals surface area (Å²) in [6.45, 7) is 3.83. The minimum Gasteiger partial charge on any atom is -0.493 e. The van der Waals surface area contributed by atoms with Gasteiger partial charge in [-0.1, -0.05) is 0 Å². The summed E-state index contributed by atoms with van der Waals surface area (Å²) >= 11 is 0. The first-order valence-corrected chi connectivity index (χ1v) is 9.84. The monoisotopic (exact) mass is 397 g/mol. The quantitative estimate of drug-likeness (QED) is 0.467. The van der Waals surface area contributed by atoms with Crippen molar-refractivity contribution in [3.8, 4) is 5.75 Å². The molecule has 7 nitrogen and oxygen atoms in total. The molecule has 2 aromatic heterocycles. The number of aryl methyl sites for hydroxylation is 1. The van der Waals surface area contributed by atoms with Crippen molar-refractivity contribution in [2.45, 2.75) is 32.2 Å². The normalized spacial score (nSPS) is 16.3. The summed E-state index contributed by atoms with van der Waals surface area (Å²) in [5.41, 5.74) is 2.67. The van der Waals surface area contributed by atoms with E-state index in [9.17, 15) is 9.18 Å². The van der Waals surface area contributed by atoms with Gasteiger partial charge < -0.3 is 15.0 Å². The summed E-state index contributed by atoms with van der Waals surface area (Å²) in [6, 6.07) is 6.60. The first-order valence-electron chi connectivity index (χ1n) is 9.84. The summed E-state index contributed by atoms with van der Waals surface area (Å²) in [6.07, 6.45) is 6.95. The molecule has 0 radical (unpaired) electrons. The standard InChI is InChI=1S/C21H24FN5O2/c1-15-13-24-27-10-7-20(25-21(15)27)26-9-2-4-18(26)17-12-16(22)5-6-19(17)29-11-3-8-23-14-28/h5-7,10,12-14,18H,2-4,8-9,11H2,1H3,(H,23,28). The molecule has 152 valence electrons. The van der Waals surface area contributed by atoms with Crippen molar-refractivity contribution < 1.29 is 13.9 Å². The Kier molecular flexibility index (Phi) is 5.59. The molecule has 1 aliphatic rings. The molecule has 0 bridgehead atoms. The predicted octanol–water partition coefficient (Wildman–Crippen LogP) is 3.03. The van der Waals surface area contributed by atoms with Gasteiger partial charge >= 0.3 is 0 Å². The molecule has 1 atom stereocenters. The van der Waals surface area contributed by atoms with Crippen LogP contribution in [0.5, 0.6) is 5.75 Å². The van der Waals surface area contributed by atoms with Crippen LogP contribution in [0.25, 0.3) is 5.65 Å². The van der Waals surface area contributed by atoms with E-state index in [2.05, 4.69) is 15.3 Å². The third kappa shape index (κ3) is 4.01. The smallest absolute Gasteiger partial charge is 0.207 e. The minimum atomic E-state index is -0.281. The topological polar surface area (TPSA) is 71.8 Å². The van der Waals surface area contributed by atoms with Crippen LogP contribution >= 0.6 is 0 Å². The third-order valence-corrected chi connectivity index (χ3v) is 5.22. The van der Waals surface area contributed by atoms with Gasteiger partial charge in [0.2, 0.25) is 6.41 Å². The largest absolute Gasteiger partial charge is 0.493 e. The van der Waals surface area contributed by atoms with Gasteiger partial charge in [0.25, 0.3) is 0 Å². The van der Waals surface area contributed by atoms with Gasteiger partial charge in [-0.15, -0.1) is 0 Å². The summed E-state index contributed by atoms with van der Waals surface area (Å²) < 4.78 is 21.8.